The lowest BCUT2D eigenvalue weighted by Crippen LogP contribution is -1.91. The zero-order valence-corrected chi connectivity index (χ0v) is 32.1. The number of hydrogen-bond donors (Lipinski definition) is 0. The van der Waals surface area contributed by atoms with Crippen molar-refractivity contribution >= 4 is 107 Å². The number of fused-ring (bicyclic) bond motifs is 12. The maximum atomic E-state index is 6.23. The molecule has 0 aliphatic rings. The van der Waals surface area contributed by atoms with Gasteiger partial charge in [0.2, 0.25) is 0 Å². The van der Waals surface area contributed by atoms with E-state index < -0.39 is 0 Å². The van der Waals surface area contributed by atoms with E-state index in [1.807, 2.05) is 17.4 Å². The lowest BCUT2D eigenvalue weighted by Gasteiger charge is -2.19. The number of benzene rings is 11. The molecule has 13 aromatic rings. The lowest BCUT2D eigenvalue weighted by molar-refractivity contribution is 0.669. The van der Waals surface area contributed by atoms with Crippen molar-refractivity contribution < 1.29 is 4.42 Å². The van der Waals surface area contributed by atoms with Crippen LogP contribution in [0.2, 0.25) is 0 Å². The Morgan fingerprint density at radius 3 is 1.62 bits per heavy atom. The molecule has 0 bridgehead atoms. The van der Waals surface area contributed by atoms with Crippen molar-refractivity contribution in [1.82, 2.24) is 0 Å². The lowest BCUT2D eigenvalue weighted by atomic mass is 9.84. The molecular weight excluding hydrogens is 721 g/mol. The van der Waals surface area contributed by atoms with Crippen LogP contribution in [-0.4, -0.2) is 0 Å². The third kappa shape index (κ3) is 4.64. The van der Waals surface area contributed by atoms with Crippen molar-refractivity contribution in [2.24, 2.45) is 0 Å². The fourth-order valence-electron chi connectivity index (χ4n) is 9.72. The van der Waals surface area contributed by atoms with Crippen molar-refractivity contribution in [1.29, 1.82) is 0 Å². The Kier molecular flexibility index (Phi) is 6.66. The van der Waals surface area contributed by atoms with E-state index in [0.29, 0.717) is 0 Å². The summed E-state index contributed by atoms with van der Waals surface area (Å²) in [5, 5.41) is 17.6. The monoisotopic (exact) mass is 752 g/mol. The molecule has 2 heterocycles. The molecule has 2 heteroatoms. The summed E-state index contributed by atoms with van der Waals surface area (Å²) < 4.78 is 8.82. The van der Waals surface area contributed by atoms with E-state index >= 15 is 0 Å². The van der Waals surface area contributed by atoms with E-state index in [1.165, 1.54) is 118 Å². The zero-order valence-electron chi connectivity index (χ0n) is 31.3. The minimum Gasteiger partial charge on any atom is -0.456 e. The first-order valence-corrected chi connectivity index (χ1v) is 20.7. The maximum absolute atomic E-state index is 6.23. The van der Waals surface area contributed by atoms with Crippen LogP contribution >= 0.6 is 11.3 Å². The van der Waals surface area contributed by atoms with Crippen LogP contribution < -0.4 is 0 Å². The van der Waals surface area contributed by atoms with Gasteiger partial charge in [-0.3, -0.25) is 0 Å². The first-order chi connectivity index (χ1) is 28.7. The first kappa shape index (κ1) is 31.9. The fourth-order valence-corrected chi connectivity index (χ4v) is 11.0. The van der Waals surface area contributed by atoms with Gasteiger partial charge >= 0.3 is 0 Å². The Bertz CT molecular complexity index is 3800. The summed E-state index contributed by atoms with van der Waals surface area (Å²) >= 11 is 1.87. The molecule has 0 N–H and O–H groups in total. The summed E-state index contributed by atoms with van der Waals surface area (Å²) in [4.78, 5) is 0. The molecule has 0 atom stereocenters. The Hall–Kier alpha value is -7.26. The van der Waals surface area contributed by atoms with E-state index in [4.69, 9.17) is 4.42 Å². The molecule has 11 aromatic carbocycles. The van der Waals surface area contributed by atoms with E-state index in [1.54, 1.807) is 0 Å². The smallest absolute Gasteiger partial charge is 0.136 e. The quantitative estimate of drug-likeness (QED) is 0.164. The van der Waals surface area contributed by atoms with E-state index in [0.717, 1.165) is 11.2 Å². The van der Waals surface area contributed by atoms with Crippen LogP contribution in [0.4, 0.5) is 0 Å². The van der Waals surface area contributed by atoms with Crippen LogP contribution in [0.15, 0.2) is 199 Å². The Morgan fingerprint density at radius 2 is 0.879 bits per heavy atom. The molecule has 13 rings (SSSR count). The molecule has 0 aliphatic heterocycles. The second-order valence-corrected chi connectivity index (χ2v) is 16.6. The molecule has 268 valence electrons. The fraction of sp³-hybridized carbons (Fsp3) is 0. The third-order valence-corrected chi connectivity index (χ3v) is 13.6. The standard InChI is InChI=1S/C56H32OS/c1-2-12-41-33(10-1)11-9-18-42(41)54-45-15-5-3-13-43(45)53(44-14-4-6-16-46(44)54)39-25-24-35-28-34(20-21-36(35)29-39)37-22-23-38-31-49-47-26-27-51-55(48-17-7-8-19-50(48)57-51)56(47)58-52(49)32-40(38)30-37/h1-32H. The number of thiophene rings is 1. The van der Waals surface area contributed by atoms with E-state index in [2.05, 4.69) is 188 Å². The Balaban J connectivity index is 0.927. The number of hydrogen-bond acceptors (Lipinski definition) is 2. The van der Waals surface area contributed by atoms with Crippen LogP contribution in [0, 0.1) is 0 Å². The highest BCUT2D eigenvalue weighted by molar-refractivity contribution is 7.26. The van der Waals surface area contributed by atoms with Crippen molar-refractivity contribution in [2.75, 3.05) is 0 Å². The minimum absolute atomic E-state index is 0.942. The number of rotatable bonds is 3. The molecule has 0 unspecified atom stereocenters. The van der Waals surface area contributed by atoms with Crippen molar-refractivity contribution in [2.45, 2.75) is 0 Å². The predicted molar refractivity (Wildman–Crippen MR) is 250 cm³/mol. The van der Waals surface area contributed by atoms with Crippen molar-refractivity contribution in [3.63, 3.8) is 0 Å². The molecule has 0 aliphatic carbocycles. The predicted octanol–water partition coefficient (Wildman–Crippen LogP) is 16.7. The highest BCUT2D eigenvalue weighted by Gasteiger charge is 2.19. The van der Waals surface area contributed by atoms with Gasteiger partial charge in [0.05, 0.1) is 0 Å². The van der Waals surface area contributed by atoms with Gasteiger partial charge in [-0.2, -0.15) is 0 Å². The van der Waals surface area contributed by atoms with Gasteiger partial charge in [0.1, 0.15) is 11.2 Å². The van der Waals surface area contributed by atoms with Crippen molar-refractivity contribution in [3.05, 3.63) is 194 Å². The molecule has 58 heavy (non-hydrogen) atoms. The second-order valence-electron chi connectivity index (χ2n) is 15.6. The van der Waals surface area contributed by atoms with Gasteiger partial charge in [-0.15, -0.1) is 11.3 Å². The van der Waals surface area contributed by atoms with Gasteiger partial charge in [0.25, 0.3) is 0 Å². The number of para-hydroxylation sites is 1. The molecule has 0 fully saturated rings. The number of furan rings is 1. The second kappa shape index (κ2) is 12.1. The summed E-state index contributed by atoms with van der Waals surface area (Å²) in [6.07, 6.45) is 0. The topological polar surface area (TPSA) is 13.1 Å². The van der Waals surface area contributed by atoms with Crippen LogP contribution in [0.5, 0.6) is 0 Å². The molecular formula is C56H32OS. The highest BCUT2D eigenvalue weighted by atomic mass is 32.1. The van der Waals surface area contributed by atoms with E-state index in [9.17, 15) is 0 Å². The minimum atomic E-state index is 0.942. The summed E-state index contributed by atoms with van der Waals surface area (Å²) in [7, 11) is 0. The van der Waals surface area contributed by atoms with Crippen LogP contribution in [-0.2, 0) is 0 Å². The third-order valence-electron chi connectivity index (χ3n) is 12.4. The van der Waals surface area contributed by atoms with Gasteiger partial charge in [-0.1, -0.05) is 146 Å². The van der Waals surface area contributed by atoms with Gasteiger partial charge in [0.15, 0.2) is 0 Å². The molecule has 0 saturated heterocycles. The van der Waals surface area contributed by atoms with Gasteiger partial charge < -0.3 is 4.42 Å². The zero-order chi connectivity index (χ0) is 37.9. The molecule has 0 saturated carbocycles. The van der Waals surface area contributed by atoms with Gasteiger partial charge in [-0.25, -0.2) is 0 Å². The van der Waals surface area contributed by atoms with Crippen LogP contribution in [0.1, 0.15) is 0 Å². The normalized spacial score (nSPS) is 12.1. The molecule has 0 radical (unpaired) electrons. The van der Waals surface area contributed by atoms with Crippen molar-refractivity contribution in [3.8, 4) is 33.4 Å². The summed E-state index contributed by atoms with van der Waals surface area (Å²) in [5.74, 6) is 0. The largest absolute Gasteiger partial charge is 0.456 e. The first-order valence-electron chi connectivity index (χ1n) is 19.9. The molecule has 2 aromatic heterocycles. The summed E-state index contributed by atoms with van der Waals surface area (Å²) in [6, 6.07) is 71.6. The van der Waals surface area contributed by atoms with Gasteiger partial charge in [0, 0.05) is 30.9 Å². The summed E-state index contributed by atoms with van der Waals surface area (Å²) in [5.41, 5.74) is 9.42. The summed E-state index contributed by atoms with van der Waals surface area (Å²) in [6.45, 7) is 0. The Labute approximate surface area is 337 Å². The van der Waals surface area contributed by atoms with Crippen LogP contribution in [0.3, 0.4) is 0 Å². The average Bonchev–Trinajstić information content (AvgIpc) is 3.84. The Morgan fingerprint density at radius 1 is 0.310 bits per heavy atom. The molecule has 1 nitrogen and oxygen atoms in total. The van der Waals surface area contributed by atoms with Crippen LogP contribution in [0.25, 0.3) is 129 Å². The molecule has 0 spiro atoms. The van der Waals surface area contributed by atoms with E-state index in [-0.39, 0.29) is 0 Å². The molecule has 0 amide bonds. The average molecular weight is 753 g/mol. The maximum Gasteiger partial charge on any atom is 0.136 e. The SMILES string of the molecule is c1ccc2c(-c3c4ccccc4c(-c4ccc5cc(-c6ccc7cc8c(cc7c6)sc6c8ccc7oc8ccccc8c76)ccc5c4)c4ccccc34)cccc2c1. The van der Waals surface area contributed by atoms with Gasteiger partial charge in [-0.05, 0) is 136 Å². The highest BCUT2D eigenvalue weighted by Crippen LogP contribution is 2.47.